The maximum Gasteiger partial charge on any atom is 0.243 e. The van der Waals surface area contributed by atoms with Gasteiger partial charge in [0.1, 0.15) is 11.6 Å². The molecular weight excluding hydrogens is 611 g/mol. The maximum absolute atomic E-state index is 14.0. The number of thioether (sulfide) groups is 1. The molecule has 248 valence electrons. The van der Waals surface area contributed by atoms with Crippen molar-refractivity contribution >= 4 is 35.1 Å². The summed E-state index contributed by atoms with van der Waals surface area (Å²) in [4.78, 5) is 26.8. The molecule has 2 unspecified atom stereocenters. The van der Waals surface area contributed by atoms with Gasteiger partial charge in [0, 0.05) is 41.5 Å². The number of nitrogens with zero attached hydrogens (tertiary/aromatic N) is 3. The lowest BCUT2D eigenvalue weighted by Crippen LogP contribution is -2.42. The summed E-state index contributed by atoms with van der Waals surface area (Å²) in [6.07, 6.45) is 1.82. The Morgan fingerprint density at radius 3 is 2.50 bits per heavy atom. The first-order valence-electron chi connectivity index (χ1n) is 15.8. The Morgan fingerprint density at radius 1 is 1.04 bits per heavy atom. The van der Waals surface area contributed by atoms with E-state index in [1.807, 2.05) is 29.8 Å². The summed E-state index contributed by atoms with van der Waals surface area (Å²) >= 11 is 1.48. The first-order valence-corrected chi connectivity index (χ1v) is 16.8. The Morgan fingerprint density at radius 2 is 1.78 bits per heavy atom. The fourth-order valence-electron chi connectivity index (χ4n) is 5.86. The van der Waals surface area contributed by atoms with E-state index in [1.165, 1.54) is 28.8 Å². The lowest BCUT2D eigenvalue weighted by molar-refractivity contribution is -0.141. The summed E-state index contributed by atoms with van der Waals surface area (Å²) in [6, 6.07) is 10.2. The number of carbonyl (C=O) groups is 2. The molecule has 2 amide bonds. The van der Waals surface area contributed by atoms with E-state index in [1.54, 1.807) is 20.3 Å². The number of amides is 2. The van der Waals surface area contributed by atoms with Crippen molar-refractivity contribution in [3.8, 4) is 22.8 Å². The molecule has 1 aromatic heterocycles. The number of imide groups is 1. The van der Waals surface area contributed by atoms with Gasteiger partial charge in [0.2, 0.25) is 11.8 Å². The van der Waals surface area contributed by atoms with Crippen LogP contribution in [0.1, 0.15) is 44.7 Å². The molecule has 10 nitrogen and oxygen atoms in total. The minimum Gasteiger partial charge on any atom is -0.493 e. The zero-order valence-electron chi connectivity index (χ0n) is 27.1. The highest BCUT2D eigenvalue weighted by Crippen LogP contribution is 2.45. The van der Waals surface area contributed by atoms with Crippen molar-refractivity contribution in [2.45, 2.75) is 57.9 Å². The van der Waals surface area contributed by atoms with E-state index in [0.29, 0.717) is 62.3 Å². The van der Waals surface area contributed by atoms with E-state index in [4.69, 9.17) is 24.0 Å². The SMILES string of the molecule is CC[C@H](C)C(C)N1C(=O)CC(SCCOCCOCCn2nc3c(c2Nc2cccc(F)c2)Cc2cc(OC)c(OC)cc2-3)C1=O. The summed E-state index contributed by atoms with van der Waals surface area (Å²) < 4.78 is 38.5. The maximum atomic E-state index is 14.0. The van der Waals surface area contributed by atoms with E-state index in [-0.39, 0.29) is 41.3 Å². The van der Waals surface area contributed by atoms with Crippen LogP contribution in [0.2, 0.25) is 0 Å². The normalized spacial score (nSPS) is 16.8. The fourth-order valence-corrected chi connectivity index (χ4v) is 6.88. The van der Waals surface area contributed by atoms with Crippen LogP contribution in [0.3, 0.4) is 0 Å². The number of hydrogen-bond acceptors (Lipinski definition) is 9. The third kappa shape index (κ3) is 7.34. The van der Waals surface area contributed by atoms with Crippen LogP contribution in [0.4, 0.5) is 15.9 Å². The topological polar surface area (TPSA) is 104 Å². The van der Waals surface area contributed by atoms with Crippen LogP contribution in [0, 0.1) is 11.7 Å². The van der Waals surface area contributed by atoms with Crippen LogP contribution < -0.4 is 14.8 Å². The molecule has 1 aliphatic carbocycles. The zero-order chi connectivity index (χ0) is 32.8. The number of anilines is 2. The van der Waals surface area contributed by atoms with Gasteiger partial charge in [-0.3, -0.25) is 14.5 Å². The molecule has 0 bridgehead atoms. The number of ether oxygens (including phenoxy) is 4. The van der Waals surface area contributed by atoms with Crippen LogP contribution in [0.5, 0.6) is 11.5 Å². The molecule has 0 radical (unpaired) electrons. The van der Waals surface area contributed by atoms with E-state index >= 15 is 0 Å². The Balaban J connectivity index is 1.11. The first kappa shape index (κ1) is 33.7. The van der Waals surface area contributed by atoms with Gasteiger partial charge < -0.3 is 24.3 Å². The lowest BCUT2D eigenvalue weighted by atomic mass is 10.00. The third-order valence-corrected chi connectivity index (χ3v) is 9.93. The molecular formula is C34H43FN4O6S. The van der Waals surface area contributed by atoms with Gasteiger partial charge in [-0.15, -0.1) is 11.8 Å². The van der Waals surface area contributed by atoms with Crippen LogP contribution in [-0.4, -0.2) is 84.2 Å². The van der Waals surface area contributed by atoms with Crippen molar-refractivity contribution in [2.24, 2.45) is 5.92 Å². The molecule has 1 saturated heterocycles. The standard InChI is InChI=1S/C34H43FN4O6S/c1-6-21(2)22(3)39-31(40)20-30(34(39)41)46-15-14-45-13-12-44-11-10-38-33(36-25-9-7-8-24(35)18-25)27-16-23-17-28(42-4)29(43-5)19-26(23)32(27)37-38/h7-9,17-19,21-22,30,36H,6,10-16,20H2,1-5H3/t21-,22?,30?/m0/s1. The summed E-state index contributed by atoms with van der Waals surface area (Å²) in [5.41, 5.74) is 4.54. The Bertz CT molecular complexity index is 1550. The van der Waals surface area contributed by atoms with Gasteiger partial charge in [-0.05, 0) is 48.7 Å². The molecule has 2 heterocycles. The van der Waals surface area contributed by atoms with Crippen molar-refractivity contribution in [2.75, 3.05) is 51.7 Å². The van der Waals surface area contributed by atoms with E-state index < -0.39 is 0 Å². The predicted molar refractivity (Wildman–Crippen MR) is 177 cm³/mol. The van der Waals surface area contributed by atoms with Gasteiger partial charge in [-0.25, -0.2) is 9.07 Å². The molecule has 1 aliphatic heterocycles. The molecule has 1 fully saturated rings. The van der Waals surface area contributed by atoms with Gasteiger partial charge in [-0.2, -0.15) is 5.10 Å². The summed E-state index contributed by atoms with van der Waals surface area (Å²) in [6.45, 7) is 8.25. The van der Waals surface area contributed by atoms with Crippen LogP contribution >= 0.6 is 11.8 Å². The van der Waals surface area contributed by atoms with Gasteiger partial charge in [-0.1, -0.05) is 26.3 Å². The van der Waals surface area contributed by atoms with E-state index in [9.17, 15) is 14.0 Å². The number of nitrogens with one attached hydrogen (secondary N) is 1. The van der Waals surface area contributed by atoms with E-state index in [0.717, 1.165) is 34.6 Å². The number of fused-ring (bicyclic) bond motifs is 3. The summed E-state index contributed by atoms with van der Waals surface area (Å²) in [7, 11) is 3.22. The highest BCUT2D eigenvalue weighted by Gasteiger charge is 2.42. The van der Waals surface area contributed by atoms with Crippen molar-refractivity contribution in [3.05, 3.63) is 53.3 Å². The van der Waals surface area contributed by atoms with Crippen LogP contribution in [0.25, 0.3) is 11.3 Å². The number of hydrogen-bond donors (Lipinski definition) is 1. The second-order valence-electron chi connectivity index (χ2n) is 11.6. The van der Waals surface area contributed by atoms with Crippen molar-refractivity contribution in [1.82, 2.24) is 14.7 Å². The largest absolute Gasteiger partial charge is 0.493 e. The molecule has 0 saturated carbocycles. The monoisotopic (exact) mass is 654 g/mol. The van der Waals surface area contributed by atoms with Crippen molar-refractivity contribution in [3.63, 3.8) is 0 Å². The Kier molecular flexibility index (Phi) is 11.2. The highest BCUT2D eigenvalue weighted by atomic mass is 32.2. The minimum absolute atomic E-state index is 0.0783. The van der Waals surface area contributed by atoms with Crippen molar-refractivity contribution in [1.29, 1.82) is 0 Å². The molecule has 3 atom stereocenters. The van der Waals surface area contributed by atoms with E-state index in [2.05, 4.69) is 19.2 Å². The first-order chi connectivity index (χ1) is 22.2. The minimum atomic E-state index is -0.334. The molecule has 0 spiro atoms. The fraction of sp³-hybridized carbons (Fsp3) is 0.500. The predicted octanol–water partition coefficient (Wildman–Crippen LogP) is 5.68. The third-order valence-electron chi connectivity index (χ3n) is 8.75. The van der Waals surface area contributed by atoms with Gasteiger partial charge in [0.05, 0.1) is 58.1 Å². The average molecular weight is 655 g/mol. The second kappa shape index (κ2) is 15.3. The number of halogens is 1. The quantitative estimate of drug-likeness (QED) is 0.114. The molecule has 12 heteroatoms. The molecule has 5 rings (SSSR count). The molecule has 2 aromatic carbocycles. The number of benzene rings is 2. The van der Waals surface area contributed by atoms with Crippen LogP contribution in [0.15, 0.2) is 36.4 Å². The molecule has 1 N–H and O–H groups in total. The highest BCUT2D eigenvalue weighted by molar-refractivity contribution is 8.00. The number of carbonyl (C=O) groups excluding carboxylic acids is 2. The summed E-state index contributed by atoms with van der Waals surface area (Å²) in [5.74, 6) is 2.49. The summed E-state index contributed by atoms with van der Waals surface area (Å²) in [5, 5.41) is 7.96. The van der Waals surface area contributed by atoms with Gasteiger partial charge >= 0.3 is 0 Å². The molecule has 3 aromatic rings. The number of likely N-dealkylation sites (tertiary alicyclic amines) is 1. The zero-order valence-corrected chi connectivity index (χ0v) is 28.0. The van der Waals surface area contributed by atoms with Gasteiger partial charge in [0.25, 0.3) is 0 Å². The Hall–Kier alpha value is -3.61. The number of aromatic nitrogens is 2. The second-order valence-corrected chi connectivity index (χ2v) is 12.9. The van der Waals surface area contributed by atoms with Gasteiger partial charge in [0.15, 0.2) is 11.5 Å². The van der Waals surface area contributed by atoms with Crippen molar-refractivity contribution < 1.29 is 32.9 Å². The number of methoxy groups -OCH3 is 2. The molecule has 46 heavy (non-hydrogen) atoms. The average Bonchev–Trinajstić information content (AvgIpc) is 3.66. The number of rotatable bonds is 17. The van der Waals surface area contributed by atoms with Crippen LogP contribution in [-0.2, 0) is 32.0 Å². The smallest absolute Gasteiger partial charge is 0.243 e. The lowest BCUT2D eigenvalue weighted by Gasteiger charge is -2.27. The Labute approximate surface area is 273 Å². The molecule has 2 aliphatic rings.